The SMILES string of the molecule is Cc1cc(NC(=O)C(=O)N2CC(C)CCC2c2ccc(O)cc2)cnc1NC(=O)OC(C)(C)C. The molecule has 1 saturated heterocycles. The molecule has 2 heterocycles. The van der Waals surface area contributed by atoms with Crippen LogP contribution in [-0.4, -0.2) is 45.0 Å². The smallest absolute Gasteiger partial charge is 0.413 e. The largest absolute Gasteiger partial charge is 0.508 e. The zero-order chi connectivity index (χ0) is 25.0. The van der Waals surface area contributed by atoms with Crippen LogP contribution in [0, 0.1) is 12.8 Å². The van der Waals surface area contributed by atoms with Crippen LogP contribution in [0.15, 0.2) is 36.5 Å². The molecule has 2 aromatic rings. The summed E-state index contributed by atoms with van der Waals surface area (Å²) in [6, 6.07) is 8.10. The van der Waals surface area contributed by atoms with Gasteiger partial charge in [0.25, 0.3) is 0 Å². The maximum atomic E-state index is 13.1. The normalized spacial score (nSPS) is 18.2. The molecule has 0 aliphatic carbocycles. The van der Waals surface area contributed by atoms with Gasteiger partial charge in [-0.2, -0.15) is 0 Å². The summed E-state index contributed by atoms with van der Waals surface area (Å²) < 4.78 is 5.23. The zero-order valence-electron chi connectivity index (χ0n) is 20.2. The molecule has 2 atom stereocenters. The minimum atomic E-state index is -0.757. The number of phenolic OH excluding ortho intramolecular Hbond substituents is 1. The molecule has 1 fully saturated rings. The number of pyridine rings is 1. The lowest BCUT2D eigenvalue weighted by molar-refractivity contribution is -0.146. The van der Waals surface area contributed by atoms with Crippen LogP contribution in [0.25, 0.3) is 0 Å². The van der Waals surface area contributed by atoms with Gasteiger partial charge in [-0.25, -0.2) is 9.78 Å². The van der Waals surface area contributed by atoms with Crippen LogP contribution in [0.2, 0.25) is 0 Å². The number of anilines is 2. The number of piperidine rings is 1. The second-order valence-corrected chi connectivity index (χ2v) is 9.72. The summed E-state index contributed by atoms with van der Waals surface area (Å²) in [7, 11) is 0. The molecule has 3 rings (SSSR count). The van der Waals surface area contributed by atoms with Crippen LogP contribution in [0.3, 0.4) is 0 Å². The van der Waals surface area contributed by atoms with Crippen molar-refractivity contribution in [1.82, 2.24) is 9.88 Å². The number of amides is 3. The molecule has 9 nitrogen and oxygen atoms in total. The highest BCUT2D eigenvalue weighted by Gasteiger charge is 2.34. The Morgan fingerprint density at radius 3 is 2.41 bits per heavy atom. The van der Waals surface area contributed by atoms with E-state index in [1.165, 1.54) is 6.20 Å². The van der Waals surface area contributed by atoms with Crippen molar-refractivity contribution in [3.63, 3.8) is 0 Å². The van der Waals surface area contributed by atoms with Gasteiger partial charge >= 0.3 is 17.9 Å². The van der Waals surface area contributed by atoms with E-state index >= 15 is 0 Å². The fourth-order valence-electron chi connectivity index (χ4n) is 3.91. The molecule has 1 aromatic heterocycles. The Hall–Kier alpha value is -3.62. The summed E-state index contributed by atoms with van der Waals surface area (Å²) in [5.74, 6) is -0.663. The van der Waals surface area contributed by atoms with E-state index in [-0.39, 0.29) is 17.7 Å². The monoisotopic (exact) mass is 468 g/mol. The summed E-state index contributed by atoms with van der Waals surface area (Å²) in [6.07, 6.45) is 2.42. The number of aromatic hydroxyl groups is 1. The summed E-state index contributed by atoms with van der Waals surface area (Å²) in [6.45, 7) is 9.53. The lowest BCUT2D eigenvalue weighted by atomic mass is 9.90. The number of hydrogen-bond acceptors (Lipinski definition) is 6. The number of ether oxygens (including phenoxy) is 1. The minimum absolute atomic E-state index is 0.149. The molecule has 1 aliphatic rings. The molecule has 182 valence electrons. The first kappa shape index (κ1) is 25.0. The first-order chi connectivity index (χ1) is 15.9. The number of carbonyl (C=O) groups excluding carboxylic acids is 3. The van der Waals surface area contributed by atoms with Crippen molar-refractivity contribution in [3.8, 4) is 5.75 Å². The number of likely N-dealkylation sites (tertiary alicyclic amines) is 1. The van der Waals surface area contributed by atoms with Gasteiger partial charge in [0.1, 0.15) is 17.2 Å². The first-order valence-electron chi connectivity index (χ1n) is 11.3. The predicted molar refractivity (Wildman–Crippen MR) is 128 cm³/mol. The molecule has 3 N–H and O–H groups in total. The average molecular weight is 469 g/mol. The van der Waals surface area contributed by atoms with Gasteiger partial charge in [0.15, 0.2) is 0 Å². The van der Waals surface area contributed by atoms with Crippen molar-refractivity contribution >= 4 is 29.4 Å². The maximum absolute atomic E-state index is 13.1. The van der Waals surface area contributed by atoms with Gasteiger partial charge in [-0.3, -0.25) is 14.9 Å². The van der Waals surface area contributed by atoms with Crippen molar-refractivity contribution in [1.29, 1.82) is 0 Å². The highest BCUT2D eigenvalue weighted by atomic mass is 16.6. The van der Waals surface area contributed by atoms with Crippen LogP contribution in [0.5, 0.6) is 5.75 Å². The van der Waals surface area contributed by atoms with E-state index < -0.39 is 23.5 Å². The number of hydrogen-bond donors (Lipinski definition) is 3. The van der Waals surface area contributed by atoms with Gasteiger partial charge in [0.05, 0.1) is 17.9 Å². The maximum Gasteiger partial charge on any atom is 0.413 e. The summed E-state index contributed by atoms with van der Waals surface area (Å²) in [5, 5.41) is 14.8. The number of benzene rings is 1. The van der Waals surface area contributed by atoms with Gasteiger partial charge in [-0.1, -0.05) is 19.1 Å². The van der Waals surface area contributed by atoms with Crippen molar-refractivity contribution in [2.75, 3.05) is 17.2 Å². The molecule has 2 unspecified atom stereocenters. The average Bonchev–Trinajstić information content (AvgIpc) is 2.74. The van der Waals surface area contributed by atoms with E-state index in [0.717, 1.165) is 18.4 Å². The fourth-order valence-corrected chi connectivity index (χ4v) is 3.91. The van der Waals surface area contributed by atoms with Crippen molar-refractivity contribution in [3.05, 3.63) is 47.7 Å². The van der Waals surface area contributed by atoms with Gasteiger partial charge in [-0.15, -0.1) is 0 Å². The molecule has 1 aromatic carbocycles. The van der Waals surface area contributed by atoms with Gasteiger partial charge in [0, 0.05) is 6.54 Å². The number of nitrogens with one attached hydrogen (secondary N) is 2. The number of rotatable bonds is 3. The van der Waals surface area contributed by atoms with Gasteiger partial charge in [-0.05, 0) is 75.8 Å². The third kappa shape index (κ3) is 6.46. The quantitative estimate of drug-likeness (QED) is 0.575. The van der Waals surface area contributed by atoms with Crippen LogP contribution in [0.1, 0.15) is 57.7 Å². The van der Waals surface area contributed by atoms with E-state index in [1.807, 2.05) is 0 Å². The Bertz CT molecular complexity index is 1060. The number of phenols is 1. The van der Waals surface area contributed by atoms with Crippen molar-refractivity contribution in [2.24, 2.45) is 5.92 Å². The minimum Gasteiger partial charge on any atom is -0.508 e. The molecule has 0 spiro atoms. The second kappa shape index (κ2) is 10.1. The molecule has 0 saturated carbocycles. The fraction of sp³-hybridized carbons (Fsp3) is 0.440. The van der Waals surface area contributed by atoms with Crippen molar-refractivity contribution < 1.29 is 24.2 Å². The molecule has 3 amide bonds. The Kier molecular flexibility index (Phi) is 7.44. The molecule has 0 radical (unpaired) electrons. The van der Waals surface area contributed by atoms with Crippen LogP contribution in [-0.2, 0) is 14.3 Å². The van der Waals surface area contributed by atoms with Crippen LogP contribution in [0.4, 0.5) is 16.3 Å². The Morgan fingerprint density at radius 2 is 1.79 bits per heavy atom. The van der Waals surface area contributed by atoms with E-state index in [1.54, 1.807) is 62.9 Å². The second-order valence-electron chi connectivity index (χ2n) is 9.72. The van der Waals surface area contributed by atoms with Gasteiger partial charge < -0.3 is 20.1 Å². The Labute approximate surface area is 199 Å². The third-order valence-corrected chi connectivity index (χ3v) is 5.51. The molecule has 9 heteroatoms. The highest BCUT2D eigenvalue weighted by molar-refractivity contribution is 6.39. The Balaban J connectivity index is 1.70. The van der Waals surface area contributed by atoms with E-state index in [2.05, 4.69) is 22.5 Å². The third-order valence-electron chi connectivity index (χ3n) is 5.51. The van der Waals surface area contributed by atoms with Crippen LogP contribution < -0.4 is 10.6 Å². The van der Waals surface area contributed by atoms with Crippen molar-refractivity contribution in [2.45, 2.75) is 59.1 Å². The summed E-state index contributed by atoms with van der Waals surface area (Å²) >= 11 is 0. The number of aryl methyl sites for hydroxylation is 1. The lowest BCUT2D eigenvalue weighted by Gasteiger charge is -2.38. The topological polar surface area (TPSA) is 121 Å². The van der Waals surface area contributed by atoms with E-state index in [0.29, 0.717) is 23.6 Å². The first-order valence-corrected chi connectivity index (χ1v) is 11.3. The molecule has 0 bridgehead atoms. The summed E-state index contributed by atoms with van der Waals surface area (Å²) in [5.41, 5.74) is 1.18. The van der Waals surface area contributed by atoms with Gasteiger partial charge in [0.2, 0.25) is 0 Å². The van der Waals surface area contributed by atoms with Crippen LogP contribution >= 0.6 is 0 Å². The van der Waals surface area contributed by atoms with E-state index in [9.17, 15) is 19.5 Å². The Morgan fingerprint density at radius 1 is 1.12 bits per heavy atom. The molecular formula is C25H32N4O5. The molecule has 1 aliphatic heterocycles. The lowest BCUT2D eigenvalue weighted by Crippen LogP contribution is -2.46. The standard InChI is InChI=1S/C25H32N4O5/c1-15-6-11-20(17-7-9-19(30)10-8-17)29(14-15)23(32)22(31)27-18-12-16(2)21(26-13-18)28-24(33)34-25(3,4)5/h7-10,12-13,15,20,30H,6,11,14H2,1-5H3,(H,27,31)(H,26,28,33). The number of nitrogens with zero attached hydrogens (tertiary/aromatic N) is 2. The molecular weight excluding hydrogens is 436 g/mol. The summed E-state index contributed by atoms with van der Waals surface area (Å²) in [4.78, 5) is 43.7. The highest BCUT2D eigenvalue weighted by Crippen LogP contribution is 2.34. The number of aromatic nitrogens is 1. The van der Waals surface area contributed by atoms with E-state index in [4.69, 9.17) is 4.74 Å². The predicted octanol–water partition coefficient (Wildman–Crippen LogP) is 4.38. The number of carbonyl (C=O) groups is 3. The molecule has 34 heavy (non-hydrogen) atoms. The zero-order valence-corrected chi connectivity index (χ0v) is 20.2.